The Labute approximate surface area is 166 Å². The van der Waals surface area contributed by atoms with E-state index >= 15 is 0 Å². The molecular weight excluding hydrogens is 380 g/mol. The molecule has 0 aliphatic rings. The summed E-state index contributed by atoms with van der Waals surface area (Å²) in [5, 5.41) is 13.8. The van der Waals surface area contributed by atoms with Crippen LogP contribution in [0, 0.1) is 5.92 Å². The third kappa shape index (κ3) is 5.09. The fraction of sp³-hybridized carbons (Fsp3) is 0.421. The van der Waals surface area contributed by atoms with Crippen molar-refractivity contribution >= 4 is 39.3 Å². The molecule has 2 unspecified atom stereocenters. The van der Waals surface area contributed by atoms with Gasteiger partial charge in [0.05, 0.1) is 12.6 Å². The number of hydrogen-bond acceptors (Lipinski definition) is 7. The Bertz CT molecular complexity index is 940. The van der Waals surface area contributed by atoms with Crippen molar-refractivity contribution < 1.29 is 5.11 Å². The van der Waals surface area contributed by atoms with Gasteiger partial charge in [0, 0.05) is 5.25 Å². The zero-order chi connectivity index (χ0) is 19.4. The molecule has 2 aromatic heterocycles. The Morgan fingerprint density at radius 1 is 1.22 bits per heavy atom. The first-order valence-electron chi connectivity index (χ1n) is 8.96. The number of thiazole rings is 1. The molecule has 1 aromatic carbocycles. The molecule has 27 heavy (non-hydrogen) atoms. The van der Waals surface area contributed by atoms with E-state index in [2.05, 4.69) is 53.2 Å². The van der Waals surface area contributed by atoms with Gasteiger partial charge in [-0.25, -0.2) is 9.97 Å². The number of rotatable bonds is 8. The van der Waals surface area contributed by atoms with Crippen LogP contribution in [0.25, 0.3) is 10.3 Å². The highest BCUT2D eigenvalue weighted by atomic mass is 32.2. The topological polar surface area (TPSA) is 90.9 Å². The van der Waals surface area contributed by atoms with E-state index in [1.165, 1.54) is 5.56 Å². The summed E-state index contributed by atoms with van der Waals surface area (Å²) in [5.74, 6) is 1.04. The van der Waals surface area contributed by atoms with E-state index < -0.39 is 0 Å². The lowest BCUT2D eigenvalue weighted by Crippen LogP contribution is -2.26. The summed E-state index contributed by atoms with van der Waals surface area (Å²) in [4.78, 5) is 23.6. The third-order valence-electron chi connectivity index (χ3n) is 4.13. The summed E-state index contributed by atoms with van der Waals surface area (Å²) < 4.78 is 0.693. The van der Waals surface area contributed by atoms with Crippen LogP contribution in [-0.2, 0) is 0 Å². The molecule has 0 aliphatic carbocycles. The number of aromatic nitrogens is 3. The maximum Gasteiger partial charge on any atom is 0.306 e. The SMILES string of the molecule is CC(C)CC(CO)Nc1nc(SC(C)c2ccccc2)nc2[nH]c(=O)sc12. The molecule has 0 bridgehead atoms. The van der Waals surface area contributed by atoms with Gasteiger partial charge in [0.25, 0.3) is 0 Å². The van der Waals surface area contributed by atoms with Crippen molar-refractivity contribution in [1.29, 1.82) is 0 Å². The minimum atomic E-state index is -0.162. The van der Waals surface area contributed by atoms with E-state index in [1.54, 1.807) is 11.8 Å². The quantitative estimate of drug-likeness (QED) is 0.387. The monoisotopic (exact) mass is 404 g/mol. The van der Waals surface area contributed by atoms with Crippen LogP contribution in [0.3, 0.4) is 0 Å². The molecule has 0 radical (unpaired) electrons. The number of aliphatic hydroxyl groups excluding tert-OH is 1. The number of fused-ring (bicyclic) bond motifs is 1. The van der Waals surface area contributed by atoms with Gasteiger partial charge in [-0.15, -0.1) is 0 Å². The van der Waals surface area contributed by atoms with Crippen molar-refractivity contribution in [3.63, 3.8) is 0 Å². The number of anilines is 1. The van der Waals surface area contributed by atoms with Crippen LogP contribution in [-0.4, -0.2) is 32.7 Å². The van der Waals surface area contributed by atoms with Crippen molar-refractivity contribution in [2.75, 3.05) is 11.9 Å². The van der Waals surface area contributed by atoms with Gasteiger partial charge in [0.2, 0.25) is 0 Å². The predicted octanol–water partition coefficient (Wildman–Crippen LogP) is 4.05. The average Bonchev–Trinajstić information content (AvgIpc) is 3.02. The van der Waals surface area contributed by atoms with Crippen LogP contribution in [0.15, 0.2) is 40.3 Å². The minimum Gasteiger partial charge on any atom is -0.394 e. The summed E-state index contributed by atoms with van der Waals surface area (Å²) in [6, 6.07) is 10.0. The van der Waals surface area contributed by atoms with Crippen molar-refractivity contribution in [3.8, 4) is 0 Å². The van der Waals surface area contributed by atoms with Gasteiger partial charge in [-0.1, -0.05) is 67.3 Å². The van der Waals surface area contributed by atoms with E-state index in [1.807, 2.05) is 18.2 Å². The normalized spacial score (nSPS) is 13.8. The highest BCUT2D eigenvalue weighted by molar-refractivity contribution is 7.99. The number of hydrogen-bond donors (Lipinski definition) is 3. The molecule has 3 N–H and O–H groups in total. The average molecular weight is 405 g/mol. The van der Waals surface area contributed by atoms with Crippen molar-refractivity contribution in [2.24, 2.45) is 5.92 Å². The molecule has 6 nitrogen and oxygen atoms in total. The lowest BCUT2D eigenvalue weighted by molar-refractivity contribution is 0.259. The van der Waals surface area contributed by atoms with E-state index in [0.717, 1.165) is 17.8 Å². The summed E-state index contributed by atoms with van der Waals surface area (Å²) in [5.41, 5.74) is 1.72. The first-order chi connectivity index (χ1) is 13.0. The van der Waals surface area contributed by atoms with Crippen molar-refractivity contribution in [3.05, 3.63) is 45.6 Å². The number of H-pyrrole nitrogens is 1. The summed E-state index contributed by atoms with van der Waals surface area (Å²) in [7, 11) is 0. The smallest absolute Gasteiger partial charge is 0.306 e. The standard InChI is InChI=1S/C19H24N4O2S2/c1-11(2)9-14(10-24)20-16-15-17(23-19(25)27-15)22-18(21-16)26-12(3)13-7-5-4-6-8-13/h4-8,11-12,14,24H,9-10H2,1-3H3,(H2,20,21,22,23,25). The lowest BCUT2D eigenvalue weighted by atomic mass is 10.0. The fourth-order valence-corrected chi connectivity index (χ4v) is 4.49. The highest BCUT2D eigenvalue weighted by Crippen LogP contribution is 2.35. The maximum absolute atomic E-state index is 11.8. The molecule has 0 aliphatic heterocycles. The van der Waals surface area contributed by atoms with E-state index in [0.29, 0.717) is 27.2 Å². The summed E-state index contributed by atoms with van der Waals surface area (Å²) in [6.07, 6.45) is 0.810. The molecule has 2 heterocycles. The van der Waals surface area contributed by atoms with Crippen LogP contribution in [0.5, 0.6) is 0 Å². The first-order valence-corrected chi connectivity index (χ1v) is 10.7. The van der Waals surface area contributed by atoms with Gasteiger partial charge in [-0.2, -0.15) is 0 Å². The number of thioether (sulfide) groups is 1. The van der Waals surface area contributed by atoms with Crippen LogP contribution in [0.1, 0.15) is 38.0 Å². The Hall–Kier alpha value is -1.90. The molecular formula is C19H24N4O2S2. The predicted molar refractivity (Wildman–Crippen MR) is 113 cm³/mol. The van der Waals surface area contributed by atoms with E-state index in [-0.39, 0.29) is 22.8 Å². The van der Waals surface area contributed by atoms with Gasteiger partial charge in [-0.3, -0.25) is 9.78 Å². The molecule has 144 valence electrons. The van der Waals surface area contributed by atoms with E-state index in [9.17, 15) is 9.90 Å². The number of aliphatic hydroxyl groups is 1. The van der Waals surface area contributed by atoms with Gasteiger partial charge < -0.3 is 10.4 Å². The van der Waals surface area contributed by atoms with Gasteiger partial charge >= 0.3 is 4.87 Å². The highest BCUT2D eigenvalue weighted by Gasteiger charge is 2.18. The Balaban J connectivity index is 1.91. The van der Waals surface area contributed by atoms with Crippen LogP contribution >= 0.6 is 23.1 Å². The van der Waals surface area contributed by atoms with Gasteiger partial charge in [-0.05, 0) is 24.8 Å². The van der Waals surface area contributed by atoms with Crippen LogP contribution in [0.4, 0.5) is 5.82 Å². The third-order valence-corrected chi connectivity index (χ3v) is 6.03. The zero-order valence-electron chi connectivity index (χ0n) is 15.6. The van der Waals surface area contributed by atoms with E-state index in [4.69, 9.17) is 0 Å². The number of aromatic amines is 1. The maximum atomic E-state index is 11.8. The Kier molecular flexibility index (Phi) is 6.51. The van der Waals surface area contributed by atoms with Crippen molar-refractivity contribution in [1.82, 2.24) is 15.0 Å². The number of benzene rings is 1. The lowest BCUT2D eigenvalue weighted by Gasteiger charge is -2.19. The minimum absolute atomic E-state index is 0.00585. The second kappa shape index (κ2) is 8.86. The summed E-state index contributed by atoms with van der Waals surface area (Å²) >= 11 is 2.63. The molecule has 3 rings (SSSR count). The van der Waals surface area contributed by atoms with Crippen LogP contribution in [0.2, 0.25) is 0 Å². The first kappa shape index (κ1) is 19.9. The Morgan fingerprint density at radius 3 is 2.63 bits per heavy atom. The van der Waals surface area contributed by atoms with Crippen LogP contribution < -0.4 is 10.2 Å². The molecule has 0 saturated carbocycles. The fourth-order valence-electron chi connectivity index (χ4n) is 2.87. The molecule has 2 atom stereocenters. The molecule has 0 amide bonds. The largest absolute Gasteiger partial charge is 0.394 e. The second-order valence-electron chi connectivity index (χ2n) is 6.87. The van der Waals surface area contributed by atoms with Gasteiger partial charge in [0.1, 0.15) is 4.70 Å². The number of nitrogens with zero attached hydrogens (tertiary/aromatic N) is 2. The zero-order valence-corrected chi connectivity index (χ0v) is 17.2. The second-order valence-corrected chi connectivity index (χ2v) is 9.16. The molecule has 0 spiro atoms. The summed E-state index contributed by atoms with van der Waals surface area (Å²) in [6.45, 7) is 6.33. The molecule has 3 aromatic rings. The van der Waals surface area contributed by atoms with Gasteiger partial charge in [0.15, 0.2) is 16.6 Å². The molecule has 8 heteroatoms. The molecule has 0 fully saturated rings. The van der Waals surface area contributed by atoms with Crippen molar-refractivity contribution in [2.45, 2.75) is 43.6 Å². The number of nitrogens with one attached hydrogen (secondary N) is 2. The molecule has 0 saturated heterocycles. The Morgan fingerprint density at radius 2 is 1.96 bits per heavy atom.